The van der Waals surface area contributed by atoms with Crippen molar-refractivity contribution in [3.05, 3.63) is 17.8 Å². The van der Waals surface area contributed by atoms with Crippen LogP contribution in [0.5, 0.6) is 0 Å². The Balaban J connectivity index is 1.31. The van der Waals surface area contributed by atoms with E-state index in [-0.39, 0.29) is 18.2 Å². The highest BCUT2D eigenvalue weighted by Gasteiger charge is 2.60. The van der Waals surface area contributed by atoms with Gasteiger partial charge in [-0.3, -0.25) is 0 Å². The molecule has 134 valence electrons. The van der Waals surface area contributed by atoms with Gasteiger partial charge in [0.25, 0.3) is 0 Å². The van der Waals surface area contributed by atoms with Crippen molar-refractivity contribution in [3.8, 4) is 0 Å². The molecule has 6 nitrogen and oxygen atoms in total. The number of aromatic nitrogens is 1. The molecular weight excluding hydrogens is 316 g/mol. The summed E-state index contributed by atoms with van der Waals surface area (Å²) in [5.41, 5.74) is 1.63. The van der Waals surface area contributed by atoms with Gasteiger partial charge in [-0.1, -0.05) is 0 Å². The van der Waals surface area contributed by atoms with E-state index in [0.29, 0.717) is 17.8 Å². The average Bonchev–Trinajstić information content (AvgIpc) is 3.33. The first-order valence-electron chi connectivity index (χ1n) is 9.60. The van der Waals surface area contributed by atoms with Crippen molar-refractivity contribution in [1.82, 2.24) is 9.88 Å². The van der Waals surface area contributed by atoms with Gasteiger partial charge < -0.3 is 20.2 Å². The summed E-state index contributed by atoms with van der Waals surface area (Å²) in [5, 5.41) is 13.5. The smallest absolute Gasteiger partial charge is 0.322 e. The van der Waals surface area contributed by atoms with E-state index in [1.807, 2.05) is 24.0 Å². The minimum atomic E-state index is -0.341. The van der Waals surface area contributed by atoms with E-state index < -0.39 is 0 Å². The summed E-state index contributed by atoms with van der Waals surface area (Å²) < 4.78 is 0. The van der Waals surface area contributed by atoms with Gasteiger partial charge in [-0.25, -0.2) is 9.78 Å². The number of amides is 2. The molecule has 2 saturated heterocycles. The molecule has 0 aromatic carbocycles. The Morgan fingerprint density at radius 2 is 2.04 bits per heavy atom. The van der Waals surface area contributed by atoms with E-state index in [1.54, 1.807) is 0 Å². The third-order valence-corrected chi connectivity index (χ3v) is 6.85. The number of hydrogen-bond donors (Lipinski definition) is 2. The van der Waals surface area contributed by atoms with Gasteiger partial charge in [0.15, 0.2) is 0 Å². The molecule has 5 unspecified atom stereocenters. The number of anilines is 2. The van der Waals surface area contributed by atoms with Crippen molar-refractivity contribution in [1.29, 1.82) is 0 Å². The van der Waals surface area contributed by atoms with Crippen LogP contribution in [-0.2, 0) is 0 Å². The maximum atomic E-state index is 12.8. The van der Waals surface area contributed by atoms with E-state index >= 15 is 0 Å². The van der Waals surface area contributed by atoms with Crippen LogP contribution >= 0.6 is 0 Å². The van der Waals surface area contributed by atoms with Gasteiger partial charge in [0.2, 0.25) is 0 Å². The number of aliphatic hydroxyl groups excluding tert-OH is 1. The van der Waals surface area contributed by atoms with Crippen LogP contribution in [0.25, 0.3) is 0 Å². The minimum absolute atomic E-state index is 0.0147. The largest absolute Gasteiger partial charge is 0.391 e. The van der Waals surface area contributed by atoms with Crippen LogP contribution in [0, 0.1) is 24.7 Å². The summed E-state index contributed by atoms with van der Waals surface area (Å²) in [7, 11) is 0. The second-order valence-electron chi connectivity index (χ2n) is 8.22. The van der Waals surface area contributed by atoms with Gasteiger partial charge in [0, 0.05) is 19.6 Å². The predicted molar refractivity (Wildman–Crippen MR) is 95.6 cm³/mol. The van der Waals surface area contributed by atoms with Crippen molar-refractivity contribution in [2.24, 2.45) is 17.8 Å². The number of carbonyl (C=O) groups is 1. The van der Waals surface area contributed by atoms with E-state index in [1.165, 1.54) is 12.8 Å². The van der Waals surface area contributed by atoms with Crippen molar-refractivity contribution in [3.63, 3.8) is 0 Å². The Morgan fingerprint density at radius 3 is 2.76 bits per heavy atom. The number of aliphatic hydroxyl groups is 1. The van der Waals surface area contributed by atoms with Crippen molar-refractivity contribution in [2.75, 3.05) is 29.9 Å². The molecule has 3 heterocycles. The lowest BCUT2D eigenvalue weighted by molar-refractivity contribution is 0.0631. The predicted octanol–water partition coefficient (Wildman–Crippen LogP) is 2.22. The van der Waals surface area contributed by atoms with Crippen LogP contribution in [0.2, 0.25) is 0 Å². The molecular formula is C19H26N4O2. The molecule has 0 radical (unpaired) electrons. The molecule has 2 aliphatic carbocycles. The zero-order valence-electron chi connectivity index (χ0n) is 14.7. The van der Waals surface area contributed by atoms with Crippen LogP contribution in [-0.4, -0.2) is 52.8 Å². The highest BCUT2D eigenvalue weighted by Crippen LogP contribution is 2.54. The summed E-state index contributed by atoms with van der Waals surface area (Å²) in [6.45, 7) is 4.86. The number of nitrogens with one attached hydrogen (secondary N) is 1. The van der Waals surface area contributed by atoms with Gasteiger partial charge in [-0.05, 0) is 62.5 Å². The van der Waals surface area contributed by atoms with Crippen LogP contribution in [0.1, 0.15) is 31.4 Å². The normalized spacial score (nSPS) is 35.7. The number of aryl methyl sites for hydroxylation is 1. The lowest BCUT2D eigenvalue weighted by Gasteiger charge is -2.29. The van der Waals surface area contributed by atoms with Crippen LogP contribution in [0.3, 0.4) is 0 Å². The third kappa shape index (κ3) is 2.34. The van der Waals surface area contributed by atoms with Gasteiger partial charge in [0.1, 0.15) is 5.82 Å². The fraction of sp³-hybridized carbons (Fsp3) is 0.684. The SMILES string of the molecule is Cc1nc(N2CCCC2)ccc1NC(=O)N1CC2CC3CC2C1C3O. The standard InChI is InChI=1S/C19H26N4O2/c1-11-15(4-5-16(20-11)22-6-2-3-7-22)21-19(25)23-10-13-8-12-9-14(13)17(23)18(12)24/h4-5,12-14,17-18,24H,2-3,6-10H2,1H3,(H,21,25). The monoisotopic (exact) mass is 342 g/mol. The molecule has 4 fully saturated rings. The molecule has 2 bridgehead atoms. The lowest BCUT2D eigenvalue weighted by atomic mass is 9.88. The molecule has 25 heavy (non-hydrogen) atoms. The molecule has 5 atom stereocenters. The lowest BCUT2D eigenvalue weighted by Crippen LogP contribution is -2.45. The zero-order valence-corrected chi connectivity index (χ0v) is 14.7. The van der Waals surface area contributed by atoms with Crippen LogP contribution in [0.4, 0.5) is 16.3 Å². The van der Waals surface area contributed by atoms with E-state index in [0.717, 1.165) is 49.7 Å². The Morgan fingerprint density at radius 1 is 1.24 bits per heavy atom. The van der Waals surface area contributed by atoms with Crippen LogP contribution in [0.15, 0.2) is 12.1 Å². The molecule has 0 spiro atoms. The van der Waals surface area contributed by atoms with Gasteiger partial charge in [-0.15, -0.1) is 0 Å². The molecule has 5 rings (SSSR count). The van der Waals surface area contributed by atoms with Crippen molar-refractivity contribution in [2.45, 2.75) is 44.8 Å². The first-order valence-corrected chi connectivity index (χ1v) is 9.60. The zero-order chi connectivity index (χ0) is 17.1. The first kappa shape index (κ1) is 15.4. The van der Waals surface area contributed by atoms with Crippen molar-refractivity contribution < 1.29 is 9.90 Å². The maximum Gasteiger partial charge on any atom is 0.322 e. The highest BCUT2D eigenvalue weighted by molar-refractivity contribution is 5.90. The second kappa shape index (κ2) is 5.59. The fourth-order valence-corrected chi connectivity index (χ4v) is 5.64. The number of nitrogens with zero attached hydrogens (tertiary/aromatic N) is 3. The summed E-state index contributed by atoms with van der Waals surface area (Å²) in [5.74, 6) is 2.49. The maximum absolute atomic E-state index is 12.8. The van der Waals surface area contributed by atoms with E-state index in [9.17, 15) is 9.90 Å². The van der Waals surface area contributed by atoms with Gasteiger partial charge >= 0.3 is 6.03 Å². The minimum Gasteiger partial charge on any atom is -0.391 e. The number of hydrogen-bond acceptors (Lipinski definition) is 4. The molecule has 1 aromatic heterocycles. The van der Waals surface area contributed by atoms with Gasteiger partial charge in [-0.2, -0.15) is 0 Å². The molecule has 1 aromatic rings. The average molecular weight is 342 g/mol. The number of pyridine rings is 1. The first-order chi connectivity index (χ1) is 12.1. The summed E-state index contributed by atoms with van der Waals surface area (Å²) >= 11 is 0. The molecule has 2 N–H and O–H groups in total. The number of rotatable bonds is 2. The molecule has 4 aliphatic rings. The Bertz CT molecular complexity index is 701. The number of fused-ring (bicyclic) bond motifs is 1. The van der Waals surface area contributed by atoms with Crippen LogP contribution < -0.4 is 10.2 Å². The number of urea groups is 1. The fourth-order valence-electron chi connectivity index (χ4n) is 5.64. The van der Waals surface area contributed by atoms with Gasteiger partial charge in [0.05, 0.1) is 23.5 Å². The number of carbonyl (C=O) groups excluding carboxylic acids is 1. The summed E-state index contributed by atoms with van der Waals surface area (Å²) in [6, 6.07) is 3.90. The Labute approximate surface area is 148 Å². The molecule has 6 heteroatoms. The van der Waals surface area contributed by atoms with E-state index in [4.69, 9.17) is 0 Å². The molecule has 2 aliphatic heterocycles. The quantitative estimate of drug-likeness (QED) is 0.865. The summed E-state index contributed by atoms with van der Waals surface area (Å²) in [6.07, 6.45) is 4.27. The summed E-state index contributed by atoms with van der Waals surface area (Å²) in [4.78, 5) is 21.7. The molecule has 2 amide bonds. The Hall–Kier alpha value is -1.82. The second-order valence-corrected chi connectivity index (χ2v) is 8.22. The Kier molecular flexibility index (Phi) is 3.45. The van der Waals surface area contributed by atoms with Crippen molar-refractivity contribution >= 4 is 17.5 Å². The van der Waals surface area contributed by atoms with E-state index in [2.05, 4.69) is 15.2 Å². The number of likely N-dealkylation sites (tertiary alicyclic amines) is 1. The third-order valence-electron chi connectivity index (χ3n) is 6.85. The topological polar surface area (TPSA) is 68.7 Å². The highest BCUT2D eigenvalue weighted by atomic mass is 16.3. The molecule has 2 saturated carbocycles.